The zero-order valence-electron chi connectivity index (χ0n) is 17.7. The van der Waals surface area contributed by atoms with Crippen LogP contribution in [0.3, 0.4) is 0 Å². The Hall–Kier alpha value is -3.12. The summed E-state index contributed by atoms with van der Waals surface area (Å²) in [5.41, 5.74) is 5.83. The first kappa shape index (κ1) is 21.6. The average Bonchev–Trinajstić information content (AvgIpc) is 2.96. The Morgan fingerprint density at radius 1 is 1.07 bits per heavy atom. The molecule has 0 radical (unpaired) electrons. The number of nitrogens with one attached hydrogen (secondary N) is 2. The summed E-state index contributed by atoms with van der Waals surface area (Å²) < 4.78 is 1.88. The third-order valence-corrected chi connectivity index (χ3v) is 5.20. The first-order valence-electron chi connectivity index (χ1n) is 9.77. The Balaban J connectivity index is 1.77. The molecule has 0 aliphatic carbocycles. The van der Waals surface area contributed by atoms with Crippen molar-refractivity contribution in [2.45, 2.75) is 27.2 Å². The minimum Gasteiger partial charge on any atom is -0.326 e. The van der Waals surface area contributed by atoms with E-state index in [0.717, 1.165) is 29.1 Å². The highest BCUT2D eigenvalue weighted by molar-refractivity contribution is 6.30. The van der Waals surface area contributed by atoms with Gasteiger partial charge in [0.2, 0.25) is 5.96 Å². The molecule has 1 aromatic heterocycles. The second kappa shape index (κ2) is 9.59. The molecule has 3 aromatic rings. The fraction of sp³-hybridized carbons (Fsp3) is 0.261. The zero-order chi connectivity index (χ0) is 21.7. The average molecular weight is 424 g/mol. The van der Waals surface area contributed by atoms with E-state index < -0.39 is 0 Å². The van der Waals surface area contributed by atoms with E-state index in [1.165, 1.54) is 5.56 Å². The van der Waals surface area contributed by atoms with Crippen LogP contribution in [0.2, 0.25) is 5.02 Å². The molecule has 0 atom stereocenters. The van der Waals surface area contributed by atoms with Crippen LogP contribution in [0, 0.1) is 20.8 Å². The minimum absolute atomic E-state index is 0.251. The van der Waals surface area contributed by atoms with E-state index in [1.54, 1.807) is 24.3 Å². The van der Waals surface area contributed by atoms with E-state index in [1.807, 2.05) is 56.8 Å². The molecule has 0 aliphatic heterocycles. The number of carbonyl (C=O) groups excluding carboxylic acids is 1. The molecule has 3 rings (SSSR count). The van der Waals surface area contributed by atoms with Crippen molar-refractivity contribution in [3.63, 3.8) is 0 Å². The summed E-state index contributed by atoms with van der Waals surface area (Å²) in [5, 5.41) is 11.1. The predicted octanol–water partition coefficient (Wildman–Crippen LogP) is 4.44. The number of carbonyl (C=O) groups is 1. The molecule has 1 amide bonds. The molecule has 1 heterocycles. The molecule has 0 saturated heterocycles. The number of guanidine groups is 1. The van der Waals surface area contributed by atoms with Crippen molar-refractivity contribution >= 4 is 29.2 Å². The SMILES string of the molecule is Cc1ccc(NC(=NCCc2c(C)nn(C)c2C)NC(=O)c2ccc(Cl)cc2)cc1. The van der Waals surface area contributed by atoms with Crippen molar-refractivity contribution in [2.24, 2.45) is 12.0 Å². The van der Waals surface area contributed by atoms with Crippen molar-refractivity contribution in [2.75, 3.05) is 11.9 Å². The number of benzene rings is 2. The maximum absolute atomic E-state index is 12.7. The lowest BCUT2D eigenvalue weighted by Gasteiger charge is -2.12. The van der Waals surface area contributed by atoms with Gasteiger partial charge in [0.15, 0.2) is 0 Å². The first-order valence-corrected chi connectivity index (χ1v) is 10.2. The Morgan fingerprint density at radius 3 is 2.33 bits per heavy atom. The van der Waals surface area contributed by atoms with Gasteiger partial charge >= 0.3 is 0 Å². The predicted molar refractivity (Wildman–Crippen MR) is 122 cm³/mol. The van der Waals surface area contributed by atoms with E-state index in [0.29, 0.717) is 23.1 Å². The summed E-state index contributed by atoms with van der Waals surface area (Å²) in [6.45, 7) is 6.59. The van der Waals surface area contributed by atoms with Crippen LogP contribution in [0.25, 0.3) is 0 Å². The third-order valence-electron chi connectivity index (χ3n) is 4.94. The van der Waals surface area contributed by atoms with Gasteiger partial charge in [0.05, 0.1) is 5.69 Å². The molecule has 6 nitrogen and oxygen atoms in total. The first-order chi connectivity index (χ1) is 14.3. The van der Waals surface area contributed by atoms with E-state index in [9.17, 15) is 4.79 Å². The molecule has 0 aliphatic rings. The van der Waals surface area contributed by atoms with Gasteiger partial charge in [0.1, 0.15) is 0 Å². The van der Waals surface area contributed by atoms with Gasteiger partial charge in [-0.15, -0.1) is 0 Å². The maximum atomic E-state index is 12.7. The highest BCUT2D eigenvalue weighted by Gasteiger charge is 2.11. The van der Waals surface area contributed by atoms with Gasteiger partial charge in [-0.25, -0.2) is 0 Å². The number of rotatable bonds is 5. The van der Waals surface area contributed by atoms with Crippen LogP contribution in [-0.4, -0.2) is 28.2 Å². The Bertz CT molecular complexity index is 1050. The van der Waals surface area contributed by atoms with Crippen molar-refractivity contribution in [1.29, 1.82) is 0 Å². The van der Waals surface area contributed by atoms with Gasteiger partial charge in [-0.3, -0.25) is 19.8 Å². The highest BCUT2D eigenvalue weighted by Crippen LogP contribution is 2.13. The highest BCUT2D eigenvalue weighted by atomic mass is 35.5. The molecule has 0 saturated carbocycles. The number of hydrogen-bond acceptors (Lipinski definition) is 3. The molecule has 0 fully saturated rings. The number of hydrogen-bond donors (Lipinski definition) is 2. The van der Waals surface area contributed by atoms with E-state index in [-0.39, 0.29) is 5.91 Å². The second-order valence-electron chi connectivity index (χ2n) is 7.21. The number of amides is 1. The van der Waals surface area contributed by atoms with Crippen molar-refractivity contribution in [3.05, 3.63) is 81.6 Å². The Kier molecular flexibility index (Phi) is 6.90. The van der Waals surface area contributed by atoms with Gasteiger partial charge in [0.25, 0.3) is 5.91 Å². The number of aromatic nitrogens is 2. The number of aliphatic imine (C=N–C) groups is 1. The molecular formula is C23H26ClN5O. The van der Waals surface area contributed by atoms with Crippen molar-refractivity contribution < 1.29 is 4.79 Å². The van der Waals surface area contributed by atoms with E-state index >= 15 is 0 Å². The monoisotopic (exact) mass is 423 g/mol. The van der Waals surface area contributed by atoms with Gasteiger partial charge < -0.3 is 5.32 Å². The van der Waals surface area contributed by atoms with Crippen molar-refractivity contribution in [3.8, 4) is 0 Å². The third kappa shape index (κ3) is 5.48. The lowest BCUT2D eigenvalue weighted by Crippen LogP contribution is -2.36. The zero-order valence-corrected chi connectivity index (χ0v) is 18.4. The van der Waals surface area contributed by atoms with E-state index in [4.69, 9.17) is 11.6 Å². The fourth-order valence-corrected chi connectivity index (χ4v) is 3.25. The number of aryl methyl sites for hydroxylation is 3. The van der Waals surface area contributed by atoms with Crippen LogP contribution in [0.5, 0.6) is 0 Å². The van der Waals surface area contributed by atoms with Gasteiger partial charge in [-0.05, 0) is 69.2 Å². The molecule has 7 heteroatoms. The maximum Gasteiger partial charge on any atom is 0.257 e. The molecule has 0 bridgehead atoms. The van der Waals surface area contributed by atoms with Gasteiger partial charge in [-0.2, -0.15) is 5.10 Å². The number of anilines is 1. The van der Waals surface area contributed by atoms with Crippen LogP contribution in [0.15, 0.2) is 53.5 Å². The summed E-state index contributed by atoms with van der Waals surface area (Å²) in [6, 6.07) is 14.7. The summed E-state index contributed by atoms with van der Waals surface area (Å²) in [6.07, 6.45) is 0.737. The number of nitrogens with zero attached hydrogens (tertiary/aromatic N) is 3. The van der Waals surface area contributed by atoms with Crippen LogP contribution >= 0.6 is 11.6 Å². The largest absolute Gasteiger partial charge is 0.326 e. The molecule has 0 spiro atoms. The summed E-state index contributed by atoms with van der Waals surface area (Å²) in [7, 11) is 1.94. The van der Waals surface area contributed by atoms with Crippen molar-refractivity contribution in [1.82, 2.24) is 15.1 Å². The normalized spacial score (nSPS) is 11.4. The Morgan fingerprint density at radius 2 is 1.73 bits per heavy atom. The standard InChI is InChI=1S/C23H26ClN5O/c1-15-5-11-20(12-6-15)26-23(27-22(30)18-7-9-19(24)10-8-18)25-14-13-21-16(2)28-29(4)17(21)3/h5-12H,13-14H2,1-4H3,(H2,25,26,27,30). The molecule has 30 heavy (non-hydrogen) atoms. The molecular weight excluding hydrogens is 398 g/mol. The van der Waals surface area contributed by atoms with Crippen LogP contribution in [0.4, 0.5) is 5.69 Å². The van der Waals surface area contributed by atoms with Gasteiger partial charge in [0, 0.05) is 35.6 Å². The molecule has 2 N–H and O–H groups in total. The van der Waals surface area contributed by atoms with E-state index in [2.05, 4.69) is 20.7 Å². The molecule has 2 aromatic carbocycles. The minimum atomic E-state index is -0.251. The fourth-order valence-electron chi connectivity index (χ4n) is 3.12. The summed E-state index contributed by atoms with van der Waals surface area (Å²) in [5.74, 6) is 0.150. The molecule has 0 unspecified atom stereocenters. The lowest BCUT2D eigenvalue weighted by molar-refractivity contribution is 0.0977. The number of halogens is 1. The van der Waals surface area contributed by atoms with Crippen LogP contribution in [0.1, 0.15) is 32.9 Å². The topological polar surface area (TPSA) is 71.3 Å². The van der Waals surface area contributed by atoms with Gasteiger partial charge in [-0.1, -0.05) is 29.3 Å². The second-order valence-corrected chi connectivity index (χ2v) is 7.64. The van der Waals surface area contributed by atoms with Crippen LogP contribution < -0.4 is 10.6 Å². The summed E-state index contributed by atoms with van der Waals surface area (Å²) >= 11 is 5.92. The van der Waals surface area contributed by atoms with Crippen LogP contribution in [-0.2, 0) is 13.5 Å². The smallest absolute Gasteiger partial charge is 0.257 e. The Labute approximate surface area is 182 Å². The quantitative estimate of drug-likeness (QED) is 0.470. The lowest BCUT2D eigenvalue weighted by atomic mass is 10.1. The molecule has 156 valence electrons. The summed E-state index contributed by atoms with van der Waals surface area (Å²) in [4.78, 5) is 17.3.